The second kappa shape index (κ2) is 7.73. The summed E-state index contributed by atoms with van der Waals surface area (Å²) >= 11 is 1.52. The topological polar surface area (TPSA) is 73.4 Å². The molecule has 0 amide bonds. The number of hydrogen-bond acceptors (Lipinski definition) is 6. The van der Waals surface area contributed by atoms with Crippen LogP contribution >= 0.6 is 11.8 Å². The van der Waals surface area contributed by atoms with E-state index >= 15 is 0 Å². The maximum Gasteiger partial charge on any atom is 0.264 e. The Balaban J connectivity index is 2.52. The Bertz CT molecular complexity index is 751. The number of aromatic nitrogens is 2. The van der Waals surface area contributed by atoms with Crippen molar-refractivity contribution in [2.45, 2.75) is 4.90 Å². The third kappa shape index (κ3) is 3.68. The molecule has 7 heteroatoms. The number of benzene rings is 1. The zero-order valence-corrected chi connectivity index (χ0v) is 14.2. The van der Waals surface area contributed by atoms with Gasteiger partial charge in [-0.2, -0.15) is 5.10 Å². The third-order valence-corrected chi connectivity index (χ3v) is 3.95. The molecule has 0 unspecified atom stereocenters. The number of thioether (sulfide) groups is 1. The van der Waals surface area contributed by atoms with Crippen LogP contribution in [0.15, 0.2) is 27.9 Å². The first-order chi connectivity index (χ1) is 11.1. The van der Waals surface area contributed by atoms with E-state index in [4.69, 9.17) is 14.2 Å². The maximum atomic E-state index is 11.0. The van der Waals surface area contributed by atoms with Crippen LogP contribution in [-0.2, 0) is 0 Å². The fourth-order valence-corrected chi connectivity index (χ4v) is 2.81. The lowest BCUT2D eigenvalue weighted by molar-refractivity contribution is 0.337. The molecule has 0 radical (unpaired) electrons. The van der Waals surface area contributed by atoms with Gasteiger partial charge in [0.2, 0.25) is 0 Å². The minimum Gasteiger partial charge on any atom is -0.495 e. The van der Waals surface area contributed by atoms with Gasteiger partial charge in [0.1, 0.15) is 5.75 Å². The zero-order chi connectivity index (χ0) is 16.8. The summed E-state index contributed by atoms with van der Waals surface area (Å²) in [5.74, 6) is 1.93. The fraction of sp³-hybridized carbons (Fsp3) is 0.250. The van der Waals surface area contributed by atoms with Gasteiger partial charge in [0.25, 0.3) is 5.56 Å². The van der Waals surface area contributed by atoms with E-state index in [1.165, 1.54) is 17.8 Å². The second-order valence-electron chi connectivity index (χ2n) is 4.45. The lowest BCUT2D eigenvalue weighted by atomic mass is 10.1. The van der Waals surface area contributed by atoms with Crippen molar-refractivity contribution in [3.63, 3.8) is 0 Å². The van der Waals surface area contributed by atoms with E-state index in [-0.39, 0.29) is 5.56 Å². The van der Waals surface area contributed by atoms with Crippen molar-refractivity contribution >= 4 is 23.9 Å². The average Bonchev–Trinajstić information content (AvgIpc) is 2.59. The molecule has 0 fully saturated rings. The first-order valence-electron chi connectivity index (χ1n) is 6.75. The molecule has 122 valence electrons. The molecule has 6 nitrogen and oxygen atoms in total. The molecule has 0 aliphatic rings. The predicted octanol–water partition coefficient (Wildman–Crippen LogP) is 2.69. The number of H-pyrrole nitrogens is 1. The Labute approximate surface area is 138 Å². The van der Waals surface area contributed by atoms with Crippen molar-refractivity contribution in [2.75, 3.05) is 27.6 Å². The van der Waals surface area contributed by atoms with Crippen LogP contribution in [0.4, 0.5) is 0 Å². The molecular weight excluding hydrogens is 316 g/mol. The molecule has 2 aromatic rings. The van der Waals surface area contributed by atoms with Gasteiger partial charge in [-0.3, -0.25) is 4.79 Å². The van der Waals surface area contributed by atoms with Crippen LogP contribution in [0.1, 0.15) is 11.3 Å². The lowest BCUT2D eigenvalue weighted by Gasteiger charge is -2.17. The number of aromatic amines is 1. The maximum absolute atomic E-state index is 11.0. The first kappa shape index (κ1) is 17.0. The second-order valence-corrected chi connectivity index (χ2v) is 5.26. The normalized spacial score (nSPS) is 10.8. The number of methoxy groups -OCH3 is 3. The Morgan fingerprint density at radius 1 is 1.09 bits per heavy atom. The summed E-state index contributed by atoms with van der Waals surface area (Å²) in [7, 11) is 4.79. The van der Waals surface area contributed by atoms with Crippen molar-refractivity contribution in [3.05, 3.63) is 39.8 Å². The number of rotatable bonds is 6. The highest BCUT2D eigenvalue weighted by atomic mass is 32.2. The summed E-state index contributed by atoms with van der Waals surface area (Å²) in [6.07, 6.45) is 5.54. The summed E-state index contributed by atoms with van der Waals surface area (Å²) < 4.78 is 16.4. The van der Waals surface area contributed by atoms with Gasteiger partial charge in [0.05, 0.1) is 31.9 Å². The van der Waals surface area contributed by atoms with Gasteiger partial charge in [-0.25, -0.2) is 5.10 Å². The molecule has 1 aromatic heterocycles. The Morgan fingerprint density at radius 3 is 2.35 bits per heavy atom. The number of nitrogens with one attached hydrogen (secondary N) is 1. The number of ether oxygens (including phenoxy) is 3. The lowest BCUT2D eigenvalue weighted by Crippen LogP contribution is -2.05. The SMILES string of the molecule is COc1cc(C=Cc2ccc(=O)[nH]n2)c(OC)c(OC)c1SC. The summed E-state index contributed by atoms with van der Waals surface area (Å²) in [5, 5.41) is 6.32. The molecule has 0 bridgehead atoms. The van der Waals surface area contributed by atoms with Crippen molar-refractivity contribution in [1.82, 2.24) is 10.2 Å². The van der Waals surface area contributed by atoms with Gasteiger partial charge in [-0.05, 0) is 30.5 Å². The van der Waals surface area contributed by atoms with Gasteiger partial charge in [-0.1, -0.05) is 0 Å². The molecule has 0 atom stereocenters. The Hall–Kier alpha value is -2.41. The van der Waals surface area contributed by atoms with E-state index in [0.29, 0.717) is 22.9 Å². The summed E-state index contributed by atoms with van der Waals surface area (Å²) in [6.45, 7) is 0. The van der Waals surface area contributed by atoms with Crippen molar-refractivity contribution in [2.24, 2.45) is 0 Å². The van der Waals surface area contributed by atoms with Gasteiger partial charge in [0.15, 0.2) is 11.5 Å². The van der Waals surface area contributed by atoms with E-state index in [9.17, 15) is 4.79 Å². The quantitative estimate of drug-likeness (QED) is 0.819. The molecule has 0 spiro atoms. The highest BCUT2D eigenvalue weighted by Crippen LogP contribution is 2.46. The summed E-state index contributed by atoms with van der Waals surface area (Å²) in [4.78, 5) is 11.9. The molecule has 23 heavy (non-hydrogen) atoms. The molecule has 1 heterocycles. The third-order valence-electron chi connectivity index (χ3n) is 3.15. The largest absolute Gasteiger partial charge is 0.495 e. The molecule has 0 aliphatic carbocycles. The van der Waals surface area contributed by atoms with Crippen molar-refractivity contribution in [1.29, 1.82) is 0 Å². The Kier molecular flexibility index (Phi) is 5.70. The number of hydrogen-bond donors (Lipinski definition) is 1. The molecule has 0 saturated heterocycles. The van der Waals surface area contributed by atoms with Crippen LogP contribution < -0.4 is 19.8 Å². The van der Waals surface area contributed by atoms with E-state index in [1.807, 2.05) is 18.4 Å². The van der Waals surface area contributed by atoms with Crippen LogP contribution in [0.2, 0.25) is 0 Å². The highest BCUT2D eigenvalue weighted by Gasteiger charge is 2.18. The van der Waals surface area contributed by atoms with Gasteiger partial charge in [-0.15, -0.1) is 11.8 Å². The zero-order valence-electron chi connectivity index (χ0n) is 13.4. The van der Waals surface area contributed by atoms with E-state index in [1.54, 1.807) is 33.5 Å². The molecule has 0 saturated carbocycles. The molecule has 1 N–H and O–H groups in total. The fourth-order valence-electron chi connectivity index (χ4n) is 2.11. The summed E-state index contributed by atoms with van der Waals surface area (Å²) in [6, 6.07) is 4.92. The van der Waals surface area contributed by atoms with E-state index in [0.717, 1.165) is 10.5 Å². The van der Waals surface area contributed by atoms with Gasteiger partial charge < -0.3 is 14.2 Å². The average molecular weight is 334 g/mol. The minimum atomic E-state index is -0.243. The van der Waals surface area contributed by atoms with Crippen LogP contribution in [0, 0.1) is 0 Å². The van der Waals surface area contributed by atoms with Crippen molar-refractivity contribution in [3.8, 4) is 17.2 Å². The molecule has 1 aromatic carbocycles. The van der Waals surface area contributed by atoms with Crippen LogP contribution in [-0.4, -0.2) is 37.8 Å². The predicted molar refractivity (Wildman–Crippen MR) is 91.7 cm³/mol. The summed E-state index contributed by atoms with van der Waals surface area (Å²) in [5.41, 5.74) is 1.16. The van der Waals surface area contributed by atoms with Crippen molar-refractivity contribution < 1.29 is 14.2 Å². The standard InChI is InChI=1S/C16H18N2O4S/c1-20-12-9-10(5-6-11-7-8-13(19)18-17-11)14(21-2)15(22-3)16(12)23-4/h5-9H,1-4H3,(H,18,19). The molecular formula is C16H18N2O4S. The van der Waals surface area contributed by atoms with Gasteiger partial charge in [0, 0.05) is 11.6 Å². The highest BCUT2D eigenvalue weighted by molar-refractivity contribution is 7.98. The van der Waals surface area contributed by atoms with E-state index < -0.39 is 0 Å². The first-order valence-corrected chi connectivity index (χ1v) is 7.97. The molecule has 0 aliphatic heterocycles. The van der Waals surface area contributed by atoms with Crippen LogP contribution in [0.5, 0.6) is 17.2 Å². The van der Waals surface area contributed by atoms with E-state index in [2.05, 4.69) is 10.2 Å². The van der Waals surface area contributed by atoms with Crippen LogP contribution in [0.25, 0.3) is 12.2 Å². The molecule has 2 rings (SSSR count). The smallest absolute Gasteiger partial charge is 0.264 e. The monoisotopic (exact) mass is 334 g/mol. The van der Waals surface area contributed by atoms with Gasteiger partial charge >= 0.3 is 0 Å². The number of nitrogens with zero attached hydrogens (tertiary/aromatic N) is 1. The minimum absolute atomic E-state index is 0.243. The van der Waals surface area contributed by atoms with Crippen LogP contribution in [0.3, 0.4) is 0 Å². The Morgan fingerprint density at radius 2 is 1.83 bits per heavy atom.